The van der Waals surface area contributed by atoms with Crippen LogP contribution in [0, 0.1) is 5.92 Å². The number of carbonyl (C=O) groups is 1. The first-order chi connectivity index (χ1) is 16.8. The number of nitrogens with zero attached hydrogens (tertiary/aromatic N) is 1. The van der Waals surface area contributed by atoms with Crippen LogP contribution < -0.4 is 0 Å². The molecule has 2 aliphatic rings. The molecule has 3 aromatic rings. The molecule has 35 heavy (non-hydrogen) atoms. The van der Waals surface area contributed by atoms with Crippen LogP contribution in [-0.2, 0) is 26.2 Å². The van der Waals surface area contributed by atoms with Gasteiger partial charge in [-0.1, -0.05) is 60.7 Å². The van der Waals surface area contributed by atoms with Crippen LogP contribution in [0.2, 0.25) is 0 Å². The average Bonchev–Trinajstić information content (AvgIpc) is 3.17. The highest BCUT2D eigenvalue weighted by atomic mass is 32.2. The monoisotopic (exact) mass is 509 g/mol. The Bertz CT molecular complexity index is 1440. The minimum absolute atomic E-state index is 0.0330. The van der Waals surface area contributed by atoms with Gasteiger partial charge in [0.05, 0.1) is 15.5 Å². The van der Waals surface area contributed by atoms with Crippen LogP contribution >= 0.6 is 0 Å². The molecule has 0 radical (unpaired) electrons. The number of hydrogen-bond acceptors (Lipinski definition) is 6. The molecule has 0 bridgehead atoms. The zero-order chi connectivity index (χ0) is 24.6. The first-order valence-corrected chi connectivity index (χ1v) is 14.9. The number of fused-ring (bicyclic) bond motifs is 1. The van der Waals surface area contributed by atoms with E-state index >= 15 is 0 Å². The molecule has 1 unspecified atom stereocenters. The van der Waals surface area contributed by atoms with Crippen molar-refractivity contribution >= 4 is 25.5 Å². The molecule has 2 heterocycles. The van der Waals surface area contributed by atoms with E-state index < -0.39 is 30.7 Å². The second-order valence-electron chi connectivity index (χ2n) is 9.25. The lowest BCUT2D eigenvalue weighted by atomic mass is 9.86. The fourth-order valence-electron chi connectivity index (χ4n) is 5.17. The standard InChI is InChI=1S/C27H27NO5S2/c29-27(21-14-16-28(17-15-21)18-20-8-3-1-4-9-20)23-12-7-13-24-26(23)25(19-34(24,30)31)35(32,33)22-10-5-2-6-11-22/h1-13,21,25H,14-19H2. The van der Waals surface area contributed by atoms with E-state index in [1.165, 1.54) is 23.8 Å². The number of carbonyl (C=O) groups excluding carboxylic acids is 1. The van der Waals surface area contributed by atoms with Crippen LogP contribution in [0.3, 0.4) is 0 Å². The molecule has 2 aliphatic heterocycles. The number of rotatable bonds is 6. The molecule has 0 aliphatic carbocycles. The summed E-state index contributed by atoms with van der Waals surface area (Å²) in [5.74, 6) is -0.970. The molecule has 0 amide bonds. The number of piperidine rings is 1. The molecule has 0 aromatic heterocycles. The predicted octanol–water partition coefficient (Wildman–Crippen LogP) is 4.08. The Balaban J connectivity index is 1.42. The second-order valence-corrected chi connectivity index (χ2v) is 13.4. The van der Waals surface area contributed by atoms with E-state index in [2.05, 4.69) is 17.0 Å². The Kier molecular flexibility index (Phi) is 6.38. The van der Waals surface area contributed by atoms with Gasteiger partial charge in [0.15, 0.2) is 25.5 Å². The highest BCUT2D eigenvalue weighted by Crippen LogP contribution is 2.43. The Morgan fingerprint density at radius 1 is 0.857 bits per heavy atom. The van der Waals surface area contributed by atoms with Crippen molar-refractivity contribution in [2.75, 3.05) is 18.8 Å². The highest BCUT2D eigenvalue weighted by molar-refractivity contribution is 7.96. The smallest absolute Gasteiger partial charge is 0.186 e. The second kappa shape index (κ2) is 9.33. The zero-order valence-corrected chi connectivity index (χ0v) is 20.8. The first kappa shape index (κ1) is 23.9. The molecule has 1 atom stereocenters. The minimum atomic E-state index is -3.99. The van der Waals surface area contributed by atoms with Crippen LogP contribution in [0.5, 0.6) is 0 Å². The molecule has 6 nitrogen and oxygen atoms in total. The van der Waals surface area contributed by atoms with E-state index in [0.29, 0.717) is 12.8 Å². The highest BCUT2D eigenvalue weighted by Gasteiger charge is 2.45. The van der Waals surface area contributed by atoms with E-state index in [-0.39, 0.29) is 32.6 Å². The number of hydrogen-bond donors (Lipinski definition) is 0. The number of likely N-dealkylation sites (tertiary alicyclic amines) is 1. The van der Waals surface area contributed by atoms with E-state index in [0.717, 1.165) is 19.6 Å². The fraction of sp³-hybridized carbons (Fsp3) is 0.296. The topological polar surface area (TPSA) is 88.6 Å². The van der Waals surface area contributed by atoms with E-state index in [4.69, 9.17) is 0 Å². The molecular formula is C27H27NO5S2. The Labute approximate surface area is 206 Å². The lowest BCUT2D eigenvalue weighted by Crippen LogP contribution is -2.36. The Morgan fingerprint density at radius 3 is 2.14 bits per heavy atom. The van der Waals surface area contributed by atoms with E-state index in [1.807, 2.05) is 18.2 Å². The molecule has 8 heteroatoms. The van der Waals surface area contributed by atoms with Crippen molar-refractivity contribution in [2.24, 2.45) is 5.92 Å². The van der Waals surface area contributed by atoms with Gasteiger partial charge >= 0.3 is 0 Å². The van der Waals surface area contributed by atoms with Crippen LogP contribution in [0.1, 0.15) is 39.6 Å². The first-order valence-electron chi connectivity index (χ1n) is 11.7. The summed E-state index contributed by atoms with van der Waals surface area (Å²) in [5, 5.41) is -1.29. The number of Topliss-reactive ketones (excluding diaryl/α,β-unsaturated/α-hetero) is 1. The summed E-state index contributed by atoms with van der Waals surface area (Å²) in [6, 6.07) is 22.6. The molecule has 0 spiro atoms. The maximum atomic E-state index is 13.6. The quantitative estimate of drug-likeness (QED) is 0.465. The molecule has 3 aromatic carbocycles. The third kappa shape index (κ3) is 4.58. The van der Waals surface area contributed by atoms with Crippen LogP contribution in [0.25, 0.3) is 0 Å². The minimum Gasteiger partial charge on any atom is -0.299 e. The summed E-state index contributed by atoms with van der Waals surface area (Å²) < 4.78 is 52.8. The van der Waals surface area contributed by atoms with Crippen LogP contribution in [-0.4, -0.2) is 46.4 Å². The van der Waals surface area contributed by atoms with Crippen molar-refractivity contribution in [1.29, 1.82) is 0 Å². The van der Waals surface area contributed by atoms with Crippen molar-refractivity contribution in [3.63, 3.8) is 0 Å². The molecule has 1 fully saturated rings. The summed E-state index contributed by atoms with van der Waals surface area (Å²) in [6.45, 7) is 2.33. The Morgan fingerprint density at radius 2 is 1.49 bits per heavy atom. The van der Waals surface area contributed by atoms with Crippen molar-refractivity contribution in [3.8, 4) is 0 Å². The van der Waals surface area contributed by atoms with Crippen LogP contribution in [0.15, 0.2) is 88.7 Å². The van der Waals surface area contributed by atoms with Gasteiger partial charge < -0.3 is 0 Å². The summed E-state index contributed by atoms with van der Waals surface area (Å²) in [5.41, 5.74) is 1.60. The van der Waals surface area contributed by atoms with Crippen molar-refractivity contribution in [1.82, 2.24) is 4.90 Å². The number of sulfone groups is 2. The van der Waals surface area contributed by atoms with Gasteiger partial charge in [0, 0.05) is 23.6 Å². The molecule has 182 valence electrons. The largest absolute Gasteiger partial charge is 0.299 e. The molecule has 1 saturated heterocycles. The van der Waals surface area contributed by atoms with Gasteiger partial charge in [-0.2, -0.15) is 0 Å². The third-order valence-electron chi connectivity index (χ3n) is 7.01. The van der Waals surface area contributed by atoms with Gasteiger partial charge in [0.1, 0.15) is 5.25 Å². The van der Waals surface area contributed by atoms with E-state index in [1.54, 1.807) is 30.3 Å². The summed E-state index contributed by atoms with van der Waals surface area (Å²) in [7, 11) is -7.81. The molecule has 0 N–H and O–H groups in total. The van der Waals surface area contributed by atoms with Gasteiger partial charge in [0.25, 0.3) is 0 Å². The van der Waals surface area contributed by atoms with Gasteiger partial charge in [-0.25, -0.2) is 16.8 Å². The fourth-order valence-corrected chi connectivity index (χ4v) is 9.54. The summed E-state index contributed by atoms with van der Waals surface area (Å²) in [6.07, 6.45) is 1.30. The van der Waals surface area contributed by atoms with Crippen molar-refractivity contribution in [3.05, 3.63) is 95.6 Å². The average molecular weight is 510 g/mol. The number of ketones is 1. The number of benzene rings is 3. The van der Waals surface area contributed by atoms with E-state index in [9.17, 15) is 21.6 Å². The predicted molar refractivity (Wildman–Crippen MR) is 134 cm³/mol. The lowest BCUT2D eigenvalue weighted by molar-refractivity contribution is 0.0833. The summed E-state index contributed by atoms with van der Waals surface area (Å²) >= 11 is 0. The molecular weight excluding hydrogens is 482 g/mol. The maximum Gasteiger partial charge on any atom is 0.186 e. The van der Waals surface area contributed by atoms with Gasteiger partial charge in [-0.05, 0) is 49.7 Å². The van der Waals surface area contributed by atoms with Crippen molar-refractivity contribution < 1.29 is 21.6 Å². The maximum absolute atomic E-state index is 13.6. The third-order valence-corrected chi connectivity index (χ3v) is 11.1. The zero-order valence-electron chi connectivity index (χ0n) is 19.2. The van der Waals surface area contributed by atoms with Crippen LogP contribution in [0.4, 0.5) is 0 Å². The Hall–Kier alpha value is -2.81. The van der Waals surface area contributed by atoms with Gasteiger partial charge in [-0.3, -0.25) is 9.69 Å². The SMILES string of the molecule is O=C(c1cccc2c1C(S(=O)(=O)c1ccccc1)CS2(=O)=O)C1CCN(Cc2ccccc2)CC1. The van der Waals surface area contributed by atoms with Crippen molar-refractivity contribution in [2.45, 2.75) is 34.4 Å². The van der Waals surface area contributed by atoms with Gasteiger partial charge in [-0.15, -0.1) is 0 Å². The lowest BCUT2D eigenvalue weighted by Gasteiger charge is -2.31. The normalized spacial score (nSPS) is 20.4. The molecule has 0 saturated carbocycles. The molecule has 5 rings (SSSR count). The van der Waals surface area contributed by atoms with Gasteiger partial charge in [0.2, 0.25) is 0 Å². The summed E-state index contributed by atoms with van der Waals surface area (Å²) in [4.78, 5) is 16.0.